The first kappa shape index (κ1) is 15.2. The number of halogens is 1. The van der Waals surface area contributed by atoms with E-state index in [2.05, 4.69) is 9.97 Å². The van der Waals surface area contributed by atoms with E-state index in [0.717, 1.165) is 17.1 Å². The monoisotopic (exact) mass is 288 g/mol. The molecule has 1 aromatic carbocycles. The van der Waals surface area contributed by atoms with E-state index >= 15 is 0 Å². The standard InChI is InChI=1S/C16H21FN4/c1-5-21(13-8-6-7-12(17)9-13)16-11(4)14(18)19-15(20-16)10(2)3/h6-10H,5H2,1-4H3,(H2,18,19,20). The van der Waals surface area contributed by atoms with Gasteiger partial charge in [0.05, 0.1) is 0 Å². The molecule has 0 bridgehead atoms. The van der Waals surface area contributed by atoms with Crippen LogP contribution >= 0.6 is 0 Å². The van der Waals surface area contributed by atoms with Gasteiger partial charge >= 0.3 is 0 Å². The van der Waals surface area contributed by atoms with Crippen LogP contribution in [0.1, 0.15) is 38.1 Å². The van der Waals surface area contributed by atoms with Gasteiger partial charge in [0.15, 0.2) is 0 Å². The Morgan fingerprint density at radius 2 is 2.00 bits per heavy atom. The predicted molar refractivity (Wildman–Crippen MR) is 84.4 cm³/mol. The number of hydrogen-bond acceptors (Lipinski definition) is 4. The van der Waals surface area contributed by atoms with Gasteiger partial charge in [0.2, 0.25) is 0 Å². The zero-order chi connectivity index (χ0) is 15.6. The number of anilines is 3. The fourth-order valence-electron chi connectivity index (χ4n) is 2.16. The molecule has 112 valence electrons. The molecule has 0 spiro atoms. The van der Waals surface area contributed by atoms with E-state index in [0.29, 0.717) is 18.2 Å². The average Bonchev–Trinajstić information content (AvgIpc) is 2.44. The zero-order valence-corrected chi connectivity index (χ0v) is 12.9. The Kier molecular flexibility index (Phi) is 4.40. The Labute approximate surface area is 124 Å². The molecule has 0 saturated heterocycles. The Hall–Kier alpha value is -2.17. The summed E-state index contributed by atoms with van der Waals surface area (Å²) in [5.41, 5.74) is 7.58. The summed E-state index contributed by atoms with van der Waals surface area (Å²) in [7, 11) is 0. The lowest BCUT2D eigenvalue weighted by Crippen LogP contribution is -2.21. The van der Waals surface area contributed by atoms with Gasteiger partial charge in [-0.1, -0.05) is 19.9 Å². The molecule has 0 aliphatic carbocycles. The topological polar surface area (TPSA) is 55.0 Å². The van der Waals surface area contributed by atoms with Gasteiger partial charge in [0.25, 0.3) is 0 Å². The molecule has 0 unspecified atom stereocenters. The number of nitrogens with zero attached hydrogens (tertiary/aromatic N) is 3. The minimum absolute atomic E-state index is 0.179. The maximum absolute atomic E-state index is 13.5. The molecule has 2 N–H and O–H groups in total. The molecule has 2 aromatic rings. The molecular formula is C16H21FN4. The van der Waals surface area contributed by atoms with Crippen LogP contribution in [0.4, 0.5) is 21.7 Å². The fraction of sp³-hybridized carbons (Fsp3) is 0.375. The molecule has 1 aromatic heterocycles. The van der Waals surface area contributed by atoms with Crippen molar-refractivity contribution in [2.24, 2.45) is 0 Å². The van der Waals surface area contributed by atoms with Crippen LogP contribution in [-0.4, -0.2) is 16.5 Å². The largest absolute Gasteiger partial charge is 0.383 e. The summed E-state index contributed by atoms with van der Waals surface area (Å²) >= 11 is 0. The molecule has 0 aliphatic heterocycles. The maximum Gasteiger partial charge on any atom is 0.141 e. The summed E-state index contributed by atoms with van der Waals surface area (Å²) in [6.45, 7) is 8.59. The van der Waals surface area contributed by atoms with Gasteiger partial charge in [-0.3, -0.25) is 0 Å². The van der Waals surface area contributed by atoms with E-state index in [4.69, 9.17) is 5.73 Å². The predicted octanol–water partition coefficient (Wildman–Crippen LogP) is 3.79. The van der Waals surface area contributed by atoms with Gasteiger partial charge in [0.1, 0.15) is 23.3 Å². The van der Waals surface area contributed by atoms with E-state index in [1.807, 2.05) is 38.7 Å². The zero-order valence-electron chi connectivity index (χ0n) is 12.9. The highest BCUT2D eigenvalue weighted by Gasteiger charge is 2.17. The Bertz CT molecular complexity index is 640. The molecule has 0 radical (unpaired) electrons. The van der Waals surface area contributed by atoms with Crippen molar-refractivity contribution in [3.05, 3.63) is 41.5 Å². The van der Waals surface area contributed by atoms with E-state index < -0.39 is 0 Å². The number of nitrogen functional groups attached to an aromatic ring is 1. The quantitative estimate of drug-likeness (QED) is 0.930. The molecule has 0 aliphatic rings. The molecule has 21 heavy (non-hydrogen) atoms. The fourth-order valence-corrected chi connectivity index (χ4v) is 2.16. The first-order valence-corrected chi connectivity index (χ1v) is 7.11. The molecule has 4 nitrogen and oxygen atoms in total. The second kappa shape index (κ2) is 6.08. The highest BCUT2D eigenvalue weighted by atomic mass is 19.1. The maximum atomic E-state index is 13.5. The van der Waals surface area contributed by atoms with Crippen molar-refractivity contribution < 1.29 is 4.39 Å². The van der Waals surface area contributed by atoms with Crippen LogP contribution in [0.25, 0.3) is 0 Å². The Balaban J connectivity index is 2.56. The average molecular weight is 288 g/mol. The van der Waals surface area contributed by atoms with Crippen LogP contribution in [0.3, 0.4) is 0 Å². The Morgan fingerprint density at radius 3 is 2.57 bits per heavy atom. The van der Waals surface area contributed by atoms with Crippen molar-refractivity contribution in [2.45, 2.75) is 33.6 Å². The summed E-state index contributed by atoms with van der Waals surface area (Å²) in [6, 6.07) is 6.48. The summed E-state index contributed by atoms with van der Waals surface area (Å²) in [5.74, 6) is 1.81. The van der Waals surface area contributed by atoms with Crippen molar-refractivity contribution in [3.63, 3.8) is 0 Å². The number of nitrogens with two attached hydrogens (primary N) is 1. The number of hydrogen-bond donors (Lipinski definition) is 1. The molecule has 2 rings (SSSR count). The third-order valence-electron chi connectivity index (χ3n) is 3.38. The summed E-state index contributed by atoms with van der Waals surface area (Å²) < 4.78 is 13.5. The van der Waals surface area contributed by atoms with Gasteiger partial charge in [-0.05, 0) is 32.0 Å². The smallest absolute Gasteiger partial charge is 0.141 e. The number of benzene rings is 1. The van der Waals surface area contributed by atoms with Gasteiger partial charge < -0.3 is 10.6 Å². The van der Waals surface area contributed by atoms with E-state index in [9.17, 15) is 4.39 Å². The number of aromatic nitrogens is 2. The van der Waals surface area contributed by atoms with Crippen molar-refractivity contribution >= 4 is 17.3 Å². The summed E-state index contributed by atoms with van der Waals surface area (Å²) in [5, 5.41) is 0. The molecule has 1 heterocycles. The van der Waals surface area contributed by atoms with Gasteiger partial charge in [0, 0.05) is 23.7 Å². The van der Waals surface area contributed by atoms with Crippen molar-refractivity contribution in [1.29, 1.82) is 0 Å². The van der Waals surface area contributed by atoms with Crippen molar-refractivity contribution in [3.8, 4) is 0 Å². The lowest BCUT2D eigenvalue weighted by atomic mass is 10.2. The number of rotatable bonds is 4. The van der Waals surface area contributed by atoms with Crippen LogP contribution in [0.2, 0.25) is 0 Å². The van der Waals surface area contributed by atoms with E-state index in [-0.39, 0.29) is 11.7 Å². The van der Waals surface area contributed by atoms with E-state index in [1.165, 1.54) is 12.1 Å². The molecule has 0 atom stereocenters. The molecule has 0 amide bonds. The molecule has 0 saturated carbocycles. The highest BCUT2D eigenvalue weighted by molar-refractivity contribution is 5.66. The van der Waals surface area contributed by atoms with Crippen LogP contribution in [0, 0.1) is 12.7 Å². The lowest BCUT2D eigenvalue weighted by molar-refractivity contribution is 0.627. The van der Waals surface area contributed by atoms with Crippen LogP contribution in [-0.2, 0) is 0 Å². The van der Waals surface area contributed by atoms with Gasteiger partial charge in [-0.2, -0.15) is 0 Å². The van der Waals surface area contributed by atoms with Gasteiger partial charge in [-0.25, -0.2) is 14.4 Å². The van der Waals surface area contributed by atoms with Crippen molar-refractivity contribution in [2.75, 3.05) is 17.2 Å². The first-order valence-electron chi connectivity index (χ1n) is 7.11. The third-order valence-corrected chi connectivity index (χ3v) is 3.38. The van der Waals surface area contributed by atoms with E-state index in [1.54, 1.807) is 6.07 Å². The molecular weight excluding hydrogens is 267 g/mol. The van der Waals surface area contributed by atoms with Crippen LogP contribution in [0.15, 0.2) is 24.3 Å². The first-order chi connectivity index (χ1) is 9.93. The second-order valence-corrected chi connectivity index (χ2v) is 5.29. The van der Waals surface area contributed by atoms with Crippen LogP contribution in [0.5, 0.6) is 0 Å². The SMILES string of the molecule is CCN(c1cccc(F)c1)c1nc(C(C)C)nc(N)c1C. The lowest BCUT2D eigenvalue weighted by Gasteiger charge is -2.25. The Morgan fingerprint density at radius 1 is 1.29 bits per heavy atom. The minimum atomic E-state index is -0.269. The third kappa shape index (κ3) is 3.12. The van der Waals surface area contributed by atoms with Gasteiger partial charge in [-0.15, -0.1) is 0 Å². The highest BCUT2D eigenvalue weighted by Crippen LogP contribution is 2.30. The molecule has 0 fully saturated rings. The second-order valence-electron chi connectivity index (χ2n) is 5.29. The summed E-state index contributed by atoms with van der Waals surface area (Å²) in [4.78, 5) is 10.9. The normalized spacial score (nSPS) is 11.0. The minimum Gasteiger partial charge on any atom is -0.383 e. The van der Waals surface area contributed by atoms with Crippen molar-refractivity contribution in [1.82, 2.24) is 9.97 Å². The molecule has 5 heteroatoms. The van der Waals surface area contributed by atoms with Crippen LogP contribution < -0.4 is 10.6 Å². The summed E-state index contributed by atoms with van der Waals surface area (Å²) in [6.07, 6.45) is 0.